The molecule has 1 aromatic carbocycles. The molecule has 3 fully saturated rings. The summed E-state index contributed by atoms with van der Waals surface area (Å²) in [7, 11) is 3.92. The second-order valence-corrected chi connectivity index (χ2v) is 12.7. The normalized spacial score (nSPS) is 19.3. The number of anilines is 4. The summed E-state index contributed by atoms with van der Waals surface area (Å²) in [6.45, 7) is 11.5. The molecule has 1 amide bonds. The second kappa shape index (κ2) is 10.7. The molecule has 12 heteroatoms. The van der Waals surface area contributed by atoms with E-state index in [-0.39, 0.29) is 11.1 Å². The van der Waals surface area contributed by atoms with Gasteiger partial charge >= 0.3 is 6.09 Å². The van der Waals surface area contributed by atoms with Crippen LogP contribution in [-0.2, 0) is 11.8 Å². The predicted molar refractivity (Wildman–Crippen MR) is 164 cm³/mol. The molecule has 2 aliphatic heterocycles. The number of nitrogens with one attached hydrogen (secondary N) is 2. The van der Waals surface area contributed by atoms with E-state index in [0.717, 1.165) is 50.1 Å². The molecule has 1 saturated carbocycles. The van der Waals surface area contributed by atoms with Crippen LogP contribution in [0.2, 0.25) is 0 Å². The number of aromatic nitrogens is 3. The first-order valence-electron chi connectivity index (χ1n) is 14.7. The molecule has 2 aromatic heterocycles. The number of nitrogens with zero attached hydrogens (tertiary/aromatic N) is 7. The molecule has 12 nitrogen and oxygen atoms in total. The maximum Gasteiger partial charge on any atom is 0.422 e. The number of rotatable bonds is 5. The molecule has 224 valence electrons. The van der Waals surface area contributed by atoms with Crippen LogP contribution in [0.5, 0.6) is 0 Å². The van der Waals surface area contributed by atoms with Crippen molar-refractivity contribution in [2.75, 3.05) is 68.0 Å². The molecule has 42 heavy (non-hydrogen) atoms. The number of carbonyl (C=O) groups is 1. The van der Waals surface area contributed by atoms with Crippen LogP contribution in [0.1, 0.15) is 33.6 Å². The number of pyridine rings is 1. The third-order valence-electron chi connectivity index (χ3n) is 8.34. The minimum atomic E-state index is -0.562. The molecule has 2 saturated heterocycles. The Hall–Kier alpha value is -3.90. The Morgan fingerprint density at radius 3 is 2.38 bits per heavy atom. The van der Waals surface area contributed by atoms with Crippen LogP contribution in [0.3, 0.4) is 0 Å². The minimum absolute atomic E-state index is 0.0940. The van der Waals surface area contributed by atoms with E-state index < -0.39 is 11.7 Å². The van der Waals surface area contributed by atoms with Gasteiger partial charge in [0.05, 0.1) is 5.54 Å². The van der Waals surface area contributed by atoms with E-state index in [1.165, 1.54) is 5.69 Å². The van der Waals surface area contributed by atoms with Crippen LogP contribution in [0, 0.1) is 0 Å². The van der Waals surface area contributed by atoms with Gasteiger partial charge in [-0.1, -0.05) is 0 Å². The lowest BCUT2D eigenvalue weighted by Crippen LogP contribution is -2.61. The molecule has 2 N–H and O–H groups in total. The van der Waals surface area contributed by atoms with Crippen molar-refractivity contribution in [1.29, 1.82) is 0 Å². The summed E-state index contributed by atoms with van der Waals surface area (Å²) in [6, 6.07) is 10.2. The summed E-state index contributed by atoms with van der Waals surface area (Å²) in [4.78, 5) is 42.2. The van der Waals surface area contributed by atoms with Gasteiger partial charge < -0.3 is 24.8 Å². The molecule has 0 atom stereocenters. The van der Waals surface area contributed by atoms with Crippen LogP contribution in [0.15, 0.2) is 41.3 Å². The number of aryl methyl sites for hydroxylation is 1. The number of amides is 1. The van der Waals surface area contributed by atoms with E-state index in [1.807, 2.05) is 44.0 Å². The van der Waals surface area contributed by atoms with E-state index in [4.69, 9.17) is 9.72 Å². The quantitative estimate of drug-likeness (QED) is 0.471. The number of hydrogen-bond acceptors (Lipinski definition) is 10. The number of carbonyl (C=O) groups excluding carboxylic acids is 1. The molecule has 0 bridgehead atoms. The smallest absolute Gasteiger partial charge is 0.422 e. The van der Waals surface area contributed by atoms with Crippen LogP contribution >= 0.6 is 0 Å². The van der Waals surface area contributed by atoms with Crippen molar-refractivity contribution in [3.05, 3.63) is 46.9 Å². The average Bonchev–Trinajstić information content (AvgIpc) is 3.70. The number of fused-ring (bicyclic) bond motifs is 1. The lowest BCUT2D eigenvalue weighted by atomic mass is 10.1. The lowest BCUT2D eigenvalue weighted by Gasteiger charge is -2.43. The van der Waals surface area contributed by atoms with Gasteiger partial charge in [0, 0.05) is 75.8 Å². The van der Waals surface area contributed by atoms with E-state index >= 15 is 0 Å². The van der Waals surface area contributed by atoms with Gasteiger partial charge in [0.2, 0.25) is 5.95 Å². The highest BCUT2D eigenvalue weighted by molar-refractivity contribution is 5.80. The van der Waals surface area contributed by atoms with Crippen molar-refractivity contribution in [1.82, 2.24) is 29.9 Å². The maximum absolute atomic E-state index is 13.6. The van der Waals surface area contributed by atoms with Crippen molar-refractivity contribution < 1.29 is 9.53 Å². The Balaban J connectivity index is 1.16. The molecule has 0 radical (unpaired) electrons. The zero-order valence-electron chi connectivity index (χ0n) is 25.2. The highest BCUT2D eigenvalue weighted by atomic mass is 16.6. The largest absolute Gasteiger partial charge is 0.443 e. The maximum atomic E-state index is 13.6. The first-order chi connectivity index (χ1) is 20.0. The fraction of sp³-hybridized carbons (Fsp3) is 0.533. The first-order valence-corrected chi connectivity index (χ1v) is 14.7. The number of hydrazine groups is 1. The predicted octanol–water partition coefficient (Wildman–Crippen LogP) is 2.92. The van der Waals surface area contributed by atoms with Crippen molar-refractivity contribution in [3.8, 4) is 0 Å². The summed E-state index contributed by atoms with van der Waals surface area (Å²) in [5.41, 5.74) is 5.35. The Morgan fingerprint density at radius 2 is 1.71 bits per heavy atom. The lowest BCUT2D eigenvalue weighted by molar-refractivity contribution is 0.0289. The first kappa shape index (κ1) is 28.2. The van der Waals surface area contributed by atoms with Crippen LogP contribution in [-0.4, -0.2) is 94.5 Å². The zero-order valence-corrected chi connectivity index (χ0v) is 25.2. The summed E-state index contributed by atoms with van der Waals surface area (Å²) >= 11 is 0. The van der Waals surface area contributed by atoms with Gasteiger partial charge in [-0.2, -0.15) is 4.98 Å². The summed E-state index contributed by atoms with van der Waals surface area (Å²) in [6.07, 6.45) is 3.22. The van der Waals surface area contributed by atoms with Crippen LogP contribution < -0.4 is 26.1 Å². The van der Waals surface area contributed by atoms with E-state index in [1.54, 1.807) is 17.8 Å². The number of benzene rings is 1. The Labute approximate surface area is 246 Å². The Kier molecular flexibility index (Phi) is 7.22. The summed E-state index contributed by atoms with van der Waals surface area (Å²) in [5.74, 6) is 0.443. The monoisotopic (exact) mass is 575 g/mol. The molecule has 6 rings (SSSR count). The van der Waals surface area contributed by atoms with Crippen molar-refractivity contribution >= 4 is 40.1 Å². The molecule has 3 aromatic rings. The Morgan fingerprint density at radius 1 is 1.00 bits per heavy atom. The molecule has 3 aliphatic rings. The van der Waals surface area contributed by atoms with Crippen LogP contribution in [0.4, 0.5) is 27.8 Å². The van der Waals surface area contributed by atoms with Crippen molar-refractivity contribution in [3.63, 3.8) is 0 Å². The molecule has 1 aliphatic carbocycles. The highest BCUT2D eigenvalue weighted by Gasteiger charge is 2.52. The number of piperazine rings is 2. The van der Waals surface area contributed by atoms with E-state index in [9.17, 15) is 9.59 Å². The molecular weight excluding hydrogens is 534 g/mol. The third-order valence-corrected chi connectivity index (χ3v) is 8.34. The standard InChI is InChI=1S/C30H41N9O3/c1-29(2,3)42-28(41)34-38-16-17-39(30(20-38)10-11-30)24-18-21-19-31-27(33-25(21)36(5)26(24)40)32-22-6-8-23(9-7-22)37-14-12-35(4)13-15-37/h6-9,18-19H,10-17,20H2,1-5H3,(H,34,41)(H,31,32,33). The Bertz CT molecular complexity index is 1520. The van der Waals surface area contributed by atoms with Gasteiger partial charge in [-0.05, 0) is 71.0 Å². The molecule has 4 heterocycles. The molecule has 1 spiro atoms. The van der Waals surface area contributed by atoms with Gasteiger partial charge in [-0.15, -0.1) is 0 Å². The number of ether oxygens (including phenoxy) is 1. The third kappa shape index (κ3) is 5.86. The molecule has 0 unspecified atom stereocenters. The van der Waals surface area contributed by atoms with Crippen molar-refractivity contribution in [2.45, 2.75) is 44.8 Å². The summed E-state index contributed by atoms with van der Waals surface area (Å²) in [5, 5.41) is 5.99. The van der Waals surface area contributed by atoms with Gasteiger partial charge in [0.1, 0.15) is 16.9 Å². The highest BCUT2D eigenvalue weighted by Crippen LogP contribution is 2.45. The van der Waals surface area contributed by atoms with E-state index in [0.29, 0.717) is 36.9 Å². The van der Waals surface area contributed by atoms with Gasteiger partial charge in [0.15, 0.2) is 0 Å². The van der Waals surface area contributed by atoms with Gasteiger partial charge in [-0.3, -0.25) is 14.8 Å². The van der Waals surface area contributed by atoms with Crippen LogP contribution in [0.25, 0.3) is 11.0 Å². The fourth-order valence-electron chi connectivity index (χ4n) is 5.88. The van der Waals surface area contributed by atoms with Crippen molar-refractivity contribution in [2.24, 2.45) is 7.05 Å². The second-order valence-electron chi connectivity index (χ2n) is 12.7. The number of likely N-dealkylation sites (N-methyl/N-ethyl adjacent to an activating group) is 1. The number of hydrogen-bond donors (Lipinski definition) is 2. The van der Waals surface area contributed by atoms with Gasteiger partial charge in [-0.25, -0.2) is 14.8 Å². The summed E-state index contributed by atoms with van der Waals surface area (Å²) < 4.78 is 7.03. The topological polar surface area (TPSA) is 111 Å². The SMILES string of the molecule is CN1CCN(c2ccc(Nc3ncc4cc(N5CCN(NC(=O)OC(C)(C)C)CC56CC6)c(=O)n(C)c4n3)cc2)CC1. The average molecular weight is 576 g/mol. The molecular formula is C30H41N9O3. The van der Waals surface area contributed by atoms with E-state index in [2.05, 4.69) is 49.6 Å². The fourth-order valence-corrected chi connectivity index (χ4v) is 5.88. The van der Waals surface area contributed by atoms with Gasteiger partial charge in [0.25, 0.3) is 5.56 Å². The zero-order chi connectivity index (χ0) is 29.6. The minimum Gasteiger partial charge on any atom is -0.443 e.